The third kappa shape index (κ3) is 4.76. The zero-order valence-corrected chi connectivity index (χ0v) is 17.8. The van der Waals surface area contributed by atoms with Crippen molar-refractivity contribution in [3.8, 4) is 5.69 Å². The lowest BCUT2D eigenvalue weighted by molar-refractivity contribution is -0.149. The molecule has 3 aromatic rings. The molecule has 0 unspecified atom stereocenters. The average molecular weight is 405 g/mol. The molecule has 0 aliphatic rings. The van der Waals surface area contributed by atoms with Crippen LogP contribution in [0.1, 0.15) is 41.8 Å². The highest BCUT2D eigenvalue weighted by molar-refractivity contribution is 5.94. The molecule has 0 saturated heterocycles. The first-order chi connectivity index (χ1) is 14.4. The second-order valence-electron chi connectivity index (χ2n) is 7.32. The molecule has 1 heterocycles. The first-order valence-electron chi connectivity index (χ1n) is 10.1. The second-order valence-corrected chi connectivity index (χ2v) is 7.32. The van der Waals surface area contributed by atoms with Crippen molar-refractivity contribution in [1.82, 2.24) is 9.78 Å². The molecular formula is C24H27N3O3. The number of aryl methyl sites for hydroxylation is 2. The standard InChI is InChI=1S/C24H27N3O3/c1-5-21(19-9-7-6-8-10-19)24(29)30-15-22(28)25-23-17(3)26-27(18(23)4)20-13-11-16(2)12-14-20/h6-14,21H,5,15H2,1-4H3,(H,25,28)/t21-/m1/s1. The maximum absolute atomic E-state index is 12.5. The number of anilines is 1. The monoisotopic (exact) mass is 405 g/mol. The Balaban J connectivity index is 1.65. The molecule has 0 fully saturated rings. The van der Waals surface area contributed by atoms with E-state index in [-0.39, 0.29) is 18.4 Å². The molecule has 6 heteroatoms. The van der Waals surface area contributed by atoms with Crippen molar-refractivity contribution in [3.63, 3.8) is 0 Å². The van der Waals surface area contributed by atoms with Crippen LogP contribution in [0.3, 0.4) is 0 Å². The number of nitrogens with one attached hydrogen (secondary N) is 1. The summed E-state index contributed by atoms with van der Waals surface area (Å²) in [4.78, 5) is 24.9. The summed E-state index contributed by atoms with van der Waals surface area (Å²) in [6, 6.07) is 17.4. The quantitative estimate of drug-likeness (QED) is 0.589. The van der Waals surface area contributed by atoms with Crippen LogP contribution in [0, 0.1) is 20.8 Å². The van der Waals surface area contributed by atoms with Crippen LogP contribution in [0.25, 0.3) is 5.69 Å². The minimum Gasteiger partial charge on any atom is -0.455 e. The molecule has 0 spiro atoms. The van der Waals surface area contributed by atoms with Gasteiger partial charge in [0.05, 0.1) is 28.7 Å². The van der Waals surface area contributed by atoms with Crippen molar-refractivity contribution in [2.24, 2.45) is 0 Å². The lowest BCUT2D eigenvalue weighted by Gasteiger charge is -2.14. The maximum Gasteiger partial charge on any atom is 0.313 e. The second kappa shape index (κ2) is 9.39. The lowest BCUT2D eigenvalue weighted by atomic mass is 9.97. The zero-order chi connectivity index (χ0) is 21.7. The number of rotatable bonds is 7. The summed E-state index contributed by atoms with van der Waals surface area (Å²) < 4.78 is 7.08. The van der Waals surface area contributed by atoms with Crippen LogP contribution < -0.4 is 5.32 Å². The van der Waals surface area contributed by atoms with Crippen LogP contribution in [0.4, 0.5) is 5.69 Å². The largest absolute Gasteiger partial charge is 0.455 e. The van der Waals surface area contributed by atoms with Gasteiger partial charge in [-0.3, -0.25) is 9.59 Å². The van der Waals surface area contributed by atoms with Crippen molar-refractivity contribution < 1.29 is 14.3 Å². The van der Waals surface area contributed by atoms with Crippen LogP contribution in [-0.2, 0) is 14.3 Å². The van der Waals surface area contributed by atoms with E-state index < -0.39 is 5.97 Å². The van der Waals surface area contributed by atoms with Crippen molar-refractivity contribution in [2.45, 2.75) is 40.0 Å². The third-order valence-electron chi connectivity index (χ3n) is 5.07. The van der Waals surface area contributed by atoms with Gasteiger partial charge in [-0.2, -0.15) is 5.10 Å². The van der Waals surface area contributed by atoms with Crippen molar-refractivity contribution >= 4 is 17.6 Å². The van der Waals surface area contributed by atoms with Gasteiger partial charge in [-0.25, -0.2) is 4.68 Å². The Morgan fingerprint density at radius 1 is 1.03 bits per heavy atom. The van der Waals surface area contributed by atoms with E-state index in [2.05, 4.69) is 10.4 Å². The number of esters is 1. The number of carbonyl (C=O) groups excluding carboxylic acids is 2. The summed E-state index contributed by atoms with van der Waals surface area (Å²) in [6.07, 6.45) is 0.603. The first kappa shape index (κ1) is 21.3. The Morgan fingerprint density at radius 3 is 2.33 bits per heavy atom. The first-order valence-corrected chi connectivity index (χ1v) is 10.1. The van der Waals surface area contributed by atoms with Gasteiger partial charge in [0.25, 0.3) is 5.91 Å². The summed E-state index contributed by atoms with van der Waals surface area (Å²) in [6.45, 7) is 7.34. The van der Waals surface area contributed by atoms with Gasteiger partial charge in [-0.05, 0) is 44.9 Å². The van der Waals surface area contributed by atoms with Crippen molar-refractivity contribution in [1.29, 1.82) is 0 Å². The summed E-state index contributed by atoms with van der Waals surface area (Å²) in [7, 11) is 0. The number of benzene rings is 2. The topological polar surface area (TPSA) is 73.2 Å². The normalized spacial score (nSPS) is 11.7. The fraction of sp³-hybridized carbons (Fsp3) is 0.292. The summed E-state index contributed by atoms with van der Waals surface area (Å²) in [5, 5.41) is 7.37. The fourth-order valence-corrected chi connectivity index (χ4v) is 3.40. The number of hydrogen-bond donors (Lipinski definition) is 1. The molecule has 3 rings (SSSR count). The molecule has 0 aliphatic carbocycles. The van der Waals surface area contributed by atoms with E-state index in [0.29, 0.717) is 17.8 Å². The summed E-state index contributed by atoms with van der Waals surface area (Å²) >= 11 is 0. The molecule has 1 aromatic heterocycles. The Bertz CT molecular complexity index is 1020. The number of amides is 1. The predicted molar refractivity (Wildman–Crippen MR) is 117 cm³/mol. The molecule has 1 amide bonds. The molecule has 1 N–H and O–H groups in total. The highest BCUT2D eigenvalue weighted by atomic mass is 16.5. The van der Waals surface area contributed by atoms with E-state index in [9.17, 15) is 9.59 Å². The van der Waals surface area contributed by atoms with Crippen LogP contribution in [0.15, 0.2) is 54.6 Å². The van der Waals surface area contributed by atoms with Gasteiger partial charge in [0.1, 0.15) is 0 Å². The molecule has 1 atom stereocenters. The summed E-state index contributed by atoms with van der Waals surface area (Å²) in [5.74, 6) is -1.17. The molecule has 0 saturated carbocycles. The van der Waals surface area contributed by atoms with E-state index >= 15 is 0 Å². The number of aromatic nitrogens is 2. The predicted octanol–water partition coefficient (Wildman–Crippen LogP) is 4.47. The van der Waals surface area contributed by atoms with Gasteiger partial charge in [0, 0.05) is 0 Å². The third-order valence-corrected chi connectivity index (χ3v) is 5.07. The van der Waals surface area contributed by atoms with Crippen LogP contribution in [0.2, 0.25) is 0 Å². The van der Waals surface area contributed by atoms with Gasteiger partial charge in [-0.15, -0.1) is 0 Å². The lowest BCUT2D eigenvalue weighted by Crippen LogP contribution is -2.24. The molecule has 30 heavy (non-hydrogen) atoms. The van der Waals surface area contributed by atoms with E-state index in [1.807, 2.05) is 82.3 Å². The smallest absolute Gasteiger partial charge is 0.313 e. The molecule has 0 aliphatic heterocycles. The van der Waals surface area contributed by atoms with E-state index in [0.717, 1.165) is 22.5 Å². The van der Waals surface area contributed by atoms with Crippen molar-refractivity contribution in [3.05, 3.63) is 77.1 Å². The van der Waals surface area contributed by atoms with Crippen LogP contribution in [0.5, 0.6) is 0 Å². The SMILES string of the molecule is CC[C@@H](C(=O)OCC(=O)Nc1c(C)nn(-c2ccc(C)cc2)c1C)c1ccccc1. The van der Waals surface area contributed by atoms with Gasteiger partial charge in [0.15, 0.2) is 6.61 Å². The zero-order valence-electron chi connectivity index (χ0n) is 17.8. The highest BCUT2D eigenvalue weighted by Crippen LogP contribution is 2.24. The molecular weight excluding hydrogens is 378 g/mol. The Morgan fingerprint density at radius 2 is 1.70 bits per heavy atom. The minimum absolute atomic E-state index is 0.337. The number of hydrogen-bond acceptors (Lipinski definition) is 4. The number of carbonyl (C=O) groups is 2. The summed E-state index contributed by atoms with van der Waals surface area (Å²) in [5.41, 5.74) is 5.11. The molecule has 0 bridgehead atoms. The average Bonchev–Trinajstić information content (AvgIpc) is 3.02. The molecule has 2 aromatic carbocycles. The van der Waals surface area contributed by atoms with E-state index in [1.165, 1.54) is 0 Å². The molecule has 6 nitrogen and oxygen atoms in total. The maximum atomic E-state index is 12.5. The van der Waals surface area contributed by atoms with E-state index in [4.69, 9.17) is 4.74 Å². The van der Waals surface area contributed by atoms with Crippen LogP contribution >= 0.6 is 0 Å². The Kier molecular flexibility index (Phi) is 6.67. The van der Waals surface area contributed by atoms with Gasteiger partial charge >= 0.3 is 5.97 Å². The van der Waals surface area contributed by atoms with Crippen molar-refractivity contribution in [2.75, 3.05) is 11.9 Å². The minimum atomic E-state index is -0.400. The highest BCUT2D eigenvalue weighted by Gasteiger charge is 2.22. The molecule has 156 valence electrons. The molecule has 0 radical (unpaired) electrons. The van der Waals surface area contributed by atoms with Gasteiger partial charge in [-0.1, -0.05) is 55.0 Å². The number of nitrogens with zero attached hydrogens (tertiary/aromatic N) is 2. The van der Waals surface area contributed by atoms with Gasteiger partial charge in [0.2, 0.25) is 0 Å². The van der Waals surface area contributed by atoms with Gasteiger partial charge < -0.3 is 10.1 Å². The van der Waals surface area contributed by atoms with E-state index in [1.54, 1.807) is 4.68 Å². The van der Waals surface area contributed by atoms with Crippen LogP contribution in [-0.4, -0.2) is 28.3 Å². The Labute approximate surface area is 176 Å². The Hall–Kier alpha value is -3.41. The fourth-order valence-electron chi connectivity index (χ4n) is 3.40. The number of ether oxygens (including phenoxy) is 1.